The molecule has 1 aromatic rings. The number of hydrogen-bond acceptors (Lipinski definition) is 2. The highest BCUT2D eigenvalue weighted by atomic mass is 32.2. The third kappa shape index (κ3) is 3.35. The first-order chi connectivity index (χ1) is 8.86. The molecule has 0 saturated heterocycles. The highest BCUT2D eigenvalue weighted by Gasteiger charge is 2.36. The average Bonchev–Trinajstić information content (AvgIpc) is 2.37. The van der Waals surface area contributed by atoms with Crippen molar-refractivity contribution >= 4 is 11.8 Å². The van der Waals surface area contributed by atoms with Crippen molar-refractivity contribution < 1.29 is 0 Å². The van der Waals surface area contributed by atoms with E-state index in [1.165, 1.54) is 24.0 Å². The minimum absolute atomic E-state index is 0.294. The van der Waals surface area contributed by atoms with Gasteiger partial charge in [0.15, 0.2) is 0 Å². The number of nitrogens with one attached hydrogen (secondary N) is 1. The fourth-order valence-electron chi connectivity index (χ4n) is 2.87. The Bertz CT molecular complexity index is 437. The van der Waals surface area contributed by atoms with Crippen LogP contribution in [0, 0.1) is 5.41 Å². The van der Waals surface area contributed by atoms with Crippen LogP contribution in [0.3, 0.4) is 0 Å². The molecule has 1 aliphatic carbocycles. The smallest absolute Gasteiger partial charge is 0.0375 e. The van der Waals surface area contributed by atoms with Crippen molar-refractivity contribution in [1.29, 1.82) is 0 Å². The van der Waals surface area contributed by atoms with Crippen molar-refractivity contribution in [3.8, 4) is 0 Å². The third-order valence-electron chi connectivity index (χ3n) is 4.47. The molecule has 0 fully saturated rings. The lowest BCUT2D eigenvalue weighted by Gasteiger charge is -2.42. The monoisotopic (exact) mass is 277 g/mol. The Morgan fingerprint density at radius 2 is 2.00 bits per heavy atom. The zero-order valence-electron chi connectivity index (χ0n) is 12.9. The molecule has 0 radical (unpaired) electrons. The van der Waals surface area contributed by atoms with E-state index in [9.17, 15) is 0 Å². The normalized spacial score (nSPS) is 22.1. The molecule has 0 spiro atoms. The maximum Gasteiger partial charge on any atom is 0.0375 e. The quantitative estimate of drug-likeness (QED) is 0.873. The maximum absolute atomic E-state index is 3.84. The van der Waals surface area contributed by atoms with Crippen molar-refractivity contribution in [2.75, 3.05) is 12.8 Å². The topological polar surface area (TPSA) is 12.0 Å². The van der Waals surface area contributed by atoms with Gasteiger partial charge >= 0.3 is 0 Å². The van der Waals surface area contributed by atoms with Crippen molar-refractivity contribution in [1.82, 2.24) is 5.32 Å². The van der Waals surface area contributed by atoms with Crippen molar-refractivity contribution in [2.24, 2.45) is 5.41 Å². The van der Waals surface area contributed by atoms with E-state index in [2.05, 4.69) is 63.5 Å². The van der Waals surface area contributed by atoms with Gasteiger partial charge in [0.2, 0.25) is 0 Å². The van der Waals surface area contributed by atoms with Crippen molar-refractivity contribution in [2.45, 2.75) is 51.3 Å². The van der Waals surface area contributed by atoms with Gasteiger partial charge in [-0.3, -0.25) is 0 Å². The van der Waals surface area contributed by atoms with E-state index in [0.29, 0.717) is 16.2 Å². The van der Waals surface area contributed by atoms with Crippen molar-refractivity contribution in [3.63, 3.8) is 0 Å². The molecule has 0 bridgehead atoms. The van der Waals surface area contributed by atoms with Crippen LogP contribution in [0.1, 0.15) is 51.3 Å². The van der Waals surface area contributed by atoms with Crippen LogP contribution >= 0.6 is 11.8 Å². The van der Waals surface area contributed by atoms with E-state index in [1.54, 1.807) is 0 Å². The van der Waals surface area contributed by atoms with Gasteiger partial charge in [-0.25, -0.2) is 0 Å². The fraction of sp³-hybridized carbons (Fsp3) is 0.647. The summed E-state index contributed by atoms with van der Waals surface area (Å²) in [5.41, 5.74) is 3.37. The van der Waals surface area contributed by atoms with Crippen LogP contribution in [0.15, 0.2) is 24.3 Å². The molecule has 1 atom stereocenters. The Morgan fingerprint density at radius 3 is 2.68 bits per heavy atom. The standard InChI is InChI=1S/C17H27NS/c1-16(2)11-10-13-8-6-7-9-14(13)15(16)18-12-17(3,4)19-5/h6-9,15,18H,10-12H2,1-5H3. The van der Waals surface area contributed by atoms with Gasteiger partial charge in [-0.15, -0.1) is 0 Å². The van der Waals surface area contributed by atoms with E-state index in [0.717, 1.165) is 6.54 Å². The molecule has 0 amide bonds. The van der Waals surface area contributed by atoms with Gasteiger partial charge in [-0.2, -0.15) is 11.8 Å². The third-order valence-corrected chi connectivity index (χ3v) is 5.72. The molecule has 1 aromatic carbocycles. The zero-order valence-corrected chi connectivity index (χ0v) is 13.7. The first-order valence-electron chi connectivity index (χ1n) is 7.22. The Kier molecular flexibility index (Phi) is 4.32. The zero-order chi connectivity index (χ0) is 14.1. The van der Waals surface area contributed by atoms with Crippen LogP contribution < -0.4 is 5.32 Å². The summed E-state index contributed by atoms with van der Waals surface area (Å²) in [6.07, 6.45) is 4.68. The van der Waals surface area contributed by atoms with Crippen LogP contribution in [-0.4, -0.2) is 17.5 Å². The second-order valence-corrected chi connectivity index (χ2v) is 8.48. The number of benzene rings is 1. The van der Waals surface area contributed by atoms with Gasteiger partial charge < -0.3 is 5.32 Å². The Balaban J connectivity index is 2.21. The molecule has 2 rings (SSSR count). The predicted octanol–water partition coefficient (Wildman–Crippen LogP) is 4.43. The highest BCUT2D eigenvalue weighted by Crippen LogP contribution is 2.43. The van der Waals surface area contributed by atoms with Crippen molar-refractivity contribution in [3.05, 3.63) is 35.4 Å². The van der Waals surface area contributed by atoms with Gasteiger partial charge in [-0.05, 0) is 49.5 Å². The molecule has 0 heterocycles. The number of rotatable bonds is 4. The van der Waals surface area contributed by atoms with Crippen LogP contribution in [0.2, 0.25) is 0 Å². The van der Waals surface area contributed by atoms with Crippen LogP contribution in [0.5, 0.6) is 0 Å². The Labute approximate surface area is 122 Å². The largest absolute Gasteiger partial charge is 0.308 e. The minimum Gasteiger partial charge on any atom is -0.308 e. The first-order valence-corrected chi connectivity index (χ1v) is 8.44. The molecule has 0 aromatic heterocycles. The van der Waals surface area contributed by atoms with Gasteiger partial charge in [0.25, 0.3) is 0 Å². The van der Waals surface area contributed by atoms with Gasteiger partial charge in [0.1, 0.15) is 0 Å². The summed E-state index contributed by atoms with van der Waals surface area (Å²) in [5.74, 6) is 0. The Morgan fingerprint density at radius 1 is 1.32 bits per heavy atom. The Hall–Kier alpha value is -0.470. The van der Waals surface area contributed by atoms with Crippen LogP contribution in [-0.2, 0) is 6.42 Å². The molecule has 106 valence electrons. The number of fused-ring (bicyclic) bond motifs is 1. The number of thioether (sulfide) groups is 1. The second kappa shape index (κ2) is 5.49. The predicted molar refractivity (Wildman–Crippen MR) is 86.9 cm³/mol. The van der Waals surface area contributed by atoms with E-state index in [-0.39, 0.29) is 0 Å². The van der Waals surface area contributed by atoms with Crippen LogP contribution in [0.4, 0.5) is 0 Å². The SMILES string of the molecule is CSC(C)(C)CNC1c2ccccc2CCC1(C)C. The van der Waals surface area contributed by atoms with Gasteiger partial charge in [0, 0.05) is 17.3 Å². The first kappa shape index (κ1) is 14.9. The summed E-state index contributed by atoms with van der Waals surface area (Å²) in [6.45, 7) is 10.5. The number of hydrogen-bond donors (Lipinski definition) is 1. The molecular weight excluding hydrogens is 250 g/mol. The van der Waals surface area contributed by atoms with E-state index in [4.69, 9.17) is 0 Å². The molecule has 0 saturated carbocycles. The molecule has 19 heavy (non-hydrogen) atoms. The summed E-state index contributed by atoms with van der Waals surface area (Å²) in [7, 11) is 0. The number of aryl methyl sites for hydroxylation is 1. The molecule has 1 nitrogen and oxygen atoms in total. The van der Waals surface area contributed by atoms with Crippen LogP contribution in [0.25, 0.3) is 0 Å². The molecule has 2 heteroatoms. The lowest BCUT2D eigenvalue weighted by Crippen LogP contribution is -2.43. The fourth-order valence-corrected chi connectivity index (χ4v) is 3.10. The lowest BCUT2D eigenvalue weighted by molar-refractivity contribution is 0.206. The lowest BCUT2D eigenvalue weighted by atomic mass is 9.70. The average molecular weight is 277 g/mol. The van der Waals surface area contributed by atoms with Gasteiger partial charge in [-0.1, -0.05) is 38.1 Å². The highest BCUT2D eigenvalue weighted by molar-refractivity contribution is 7.99. The van der Waals surface area contributed by atoms with E-state index >= 15 is 0 Å². The summed E-state index contributed by atoms with van der Waals surface area (Å²) >= 11 is 1.93. The summed E-state index contributed by atoms with van der Waals surface area (Å²) in [5, 5.41) is 3.84. The van der Waals surface area contributed by atoms with Gasteiger partial charge in [0.05, 0.1) is 0 Å². The molecule has 0 aliphatic heterocycles. The summed E-state index contributed by atoms with van der Waals surface area (Å²) in [6, 6.07) is 9.41. The van der Waals surface area contributed by atoms with E-state index < -0.39 is 0 Å². The maximum atomic E-state index is 3.84. The molecule has 1 aliphatic rings. The minimum atomic E-state index is 0.294. The molecule has 1 N–H and O–H groups in total. The second-order valence-electron chi connectivity index (χ2n) is 6.97. The molecule has 1 unspecified atom stereocenters. The molecular formula is C17H27NS. The van der Waals surface area contributed by atoms with E-state index in [1.807, 2.05) is 11.8 Å². The summed E-state index contributed by atoms with van der Waals surface area (Å²) in [4.78, 5) is 0. The summed E-state index contributed by atoms with van der Waals surface area (Å²) < 4.78 is 0.294.